The number of benzene rings is 1. The van der Waals surface area contributed by atoms with Crippen molar-refractivity contribution in [3.63, 3.8) is 0 Å². The molecule has 0 saturated heterocycles. The van der Waals surface area contributed by atoms with Gasteiger partial charge in [0.15, 0.2) is 0 Å². The fraction of sp³-hybridized carbons (Fsp3) is 0.455. The average Bonchev–Trinajstić information content (AvgIpc) is 2.39. The molecule has 1 aromatic carbocycles. The summed E-state index contributed by atoms with van der Waals surface area (Å²) in [7, 11) is -2.42. The molecule has 0 aromatic heterocycles. The van der Waals surface area contributed by atoms with Gasteiger partial charge in [0.1, 0.15) is 0 Å². The first-order valence-corrected chi connectivity index (χ1v) is 7.09. The lowest BCUT2D eigenvalue weighted by Crippen LogP contribution is -2.30. The predicted octanol–water partition coefficient (Wildman–Crippen LogP) is 2.08. The van der Waals surface area contributed by atoms with Crippen LogP contribution in [0.3, 0.4) is 0 Å². The van der Waals surface area contributed by atoms with E-state index in [1.165, 1.54) is 0 Å². The van der Waals surface area contributed by atoms with Crippen LogP contribution in [0.5, 0.6) is 0 Å². The van der Waals surface area contributed by atoms with Gasteiger partial charge in [-0.25, -0.2) is 8.42 Å². The molecule has 1 aromatic rings. The van der Waals surface area contributed by atoms with Crippen LogP contribution in [0.4, 0.5) is 0 Å². The van der Waals surface area contributed by atoms with Crippen molar-refractivity contribution in [3.05, 3.63) is 46.3 Å². The molecule has 19 heavy (non-hydrogen) atoms. The Bertz CT molecular complexity index is 526. The van der Waals surface area contributed by atoms with Gasteiger partial charge in [-0.1, -0.05) is 30.3 Å². The lowest BCUT2D eigenvalue weighted by Gasteiger charge is -2.19. The number of rotatable bonds is 8. The standard InChI is InChI=1S/C11H16N4O3S/c1-18-9-5-8-15(19(16,17)14-13-12)10-11-6-3-2-4-7-11/h2-4,6-7H,5,8-10H2,1H3. The predicted molar refractivity (Wildman–Crippen MR) is 71.4 cm³/mol. The fourth-order valence-corrected chi connectivity index (χ4v) is 2.41. The van der Waals surface area contributed by atoms with E-state index < -0.39 is 10.2 Å². The minimum Gasteiger partial charge on any atom is -0.385 e. The van der Waals surface area contributed by atoms with Crippen molar-refractivity contribution in [1.29, 1.82) is 0 Å². The fourth-order valence-electron chi connectivity index (χ4n) is 1.55. The number of hydrogen-bond donors (Lipinski definition) is 0. The molecule has 0 aliphatic heterocycles. The van der Waals surface area contributed by atoms with Crippen LogP contribution in [0.2, 0.25) is 0 Å². The molecule has 1 rings (SSSR count). The summed E-state index contributed by atoms with van der Waals surface area (Å²) < 4.78 is 32.5. The Kier molecular flexibility index (Phi) is 6.31. The van der Waals surface area contributed by atoms with Gasteiger partial charge in [-0.3, -0.25) is 0 Å². The third-order valence-corrected chi connectivity index (χ3v) is 3.67. The molecule has 104 valence electrons. The van der Waals surface area contributed by atoms with E-state index in [9.17, 15) is 8.42 Å². The highest BCUT2D eigenvalue weighted by Crippen LogP contribution is 2.11. The van der Waals surface area contributed by atoms with E-state index in [0.717, 1.165) is 9.87 Å². The molecule has 0 saturated carbocycles. The first-order chi connectivity index (χ1) is 9.10. The molecule has 7 nitrogen and oxygen atoms in total. The van der Waals surface area contributed by atoms with Gasteiger partial charge in [-0.15, -0.1) is 0 Å². The topological polar surface area (TPSA) is 95.4 Å². The van der Waals surface area contributed by atoms with Gasteiger partial charge in [0, 0.05) is 36.2 Å². The first kappa shape index (κ1) is 15.5. The monoisotopic (exact) mass is 284 g/mol. The number of azide groups is 1. The zero-order chi connectivity index (χ0) is 14.1. The first-order valence-electron chi connectivity index (χ1n) is 5.69. The summed E-state index contributed by atoms with van der Waals surface area (Å²) >= 11 is 0. The van der Waals surface area contributed by atoms with Crippen molar-refractivity contribution in [2.45, 2.75) is 13.0 Å². The Morgan fingerprint density at radius 3 is 2.63 bits per heavy atom. The summed E-state index contributed by atoms with van der Waals surface area (Å²) in [6.45, 7) is 0.854. The molecule has 0 spiro atoms. The third kappa shape index (κ3) is 5.27. The minimum absolute atomic E-state index is 0.173. The van der Waals surface area contributed by atoms with Crippen molar-refractivity contribution in [3.8, 4) is 0 Å². The zero-order valence-corrected chi connectivity index (χ0v) is 11.5. The Labute approximate surface area is 112 Å². The van der Waals surface area contributed by atoms with E-state index in [0.29, 0.717) is 13.0 Å². The van der Waals surface area contributed by atoms with Crippen molar-refractivity contribution in [1.82, 2.24) is 4.31 Å². The van der Waals surface area contributed by atoms with E-state index in [2.05, 4.69) is 9.43 Å². The molecule has 8 heteroatoms. The quantitative estimate of drug-likeness (QED) is 0.316. The maximum absolute atomic E-state index is 11.8. The molecule has 0 aliphatic carbocycles. The van der Waals surface area contributed by atoms with Crippen LogP contribution < -0.4 is 0 Å². The molecule has 0 unspecified atom stereocenters. The molecule has 0 amide bonds. The molecule has 0 radical (unpaired) electrons. The Balaban J connectivity index is 2.83. The Hall–Kier alpha value is -1.60. The van der Waals surface area contributed by atoms with Crippen LogP contribution in [0.15, 0.2) is 34.9 Å². The van der Waals surface area contributed by atoms with Crippen molar-refractivity contribution < 1.29 is 13.2 Å². The molecule has 0 atom stereocenters. The van der Waals surface area contributed by atoms with Crippen LogP contribution in [0.25, 0.3) is 10.4 Å². The Morgan fingerprint density at radius 1 is 1.37 bits per heavy atom. The maximum Gasteiger partial charge on any atom is 0.302 e. The van der Waals surface area contributed by atoms with Gasteiger partial charge in [0.2, 0.25) is 0 Å². The molecule has 0 N–H and O–H groups in total. The van der Waals surface area contributed by atoms with Gasteiger partial charge in [-0.05, 0) is 17.5 Å². The lowest BCUT2D eigenvalue weighted by atomic mass is 10.2. The van der Waals surface area contributed by atoms with Crippen molar-refractivity contribution in [2.75, 3.05) is 20.3 Å². The summed E-state index contributed by atoms with van der Waals surface area (Å²) in [5.41, 5.74) is 9.15. The van der Waals surface area contributed by atoms with Crippen LogP contribution in [-0.4, -0.2) is 33.0 Å². The van der Waals surface area contributed by atoms with Gasteiger partial charge in [0.05, 0.1) is 0 Å². The summed E-state index contributed by atoms with van der Waals surface area (Å²) in [5, 5.41) is 0. The van der Waals surface area contributed by atoms with E-state index in [-0.39, 0.29) is 13.1 Å². The molecule has 0 aliphatic rings. The SMILES string of the molecule is COCCCN(Cc1ccccc1)S(=O)(=O)N=[N+]=[N-]. The van der Waals surface area contributed by atoms with E-state index in [1.807, 2.05) is 30.3 Å². The summed E-state index contributed by atoms with van der Waals surface area (Å²) in [5.74, 6) is 0. The highest BCUT2D eigenvalue weighted by molar-refractivity contribution is 7.87. The van der Waals surface area contributed by atoms with Gasteiger partial charge in [-0.2, -0.15) is 4.31 Å². The summed E-state index contributed by atoms with van der Waals surface area (Å²) in [4.78, 5) is 2.36. The highest BCUT2D eigenvalue weighted by atomic mass is 32.2. The van der Waals surface area contributed by atoms with E-state index >= 15 is 0 Å². The second-order valence-corrected chi connectivity index (χ2v) is 5.39. The smallest absolute Gasteiger partial charge is 0.302 e. The number of methoxy groups -OCH3 is 1. The van der Waals surface area contributed by atoms with Crippen LogP contribution in [0.1, 0.15) is 12.0 Å². The molecular formula is C11H16N4O3S. The van der Waals surface area contributed by atoms with E-state index in [1.54, 1.807) is 7.11 Å². The van der Waals surface area contributed by atoms with E-state index in [4.69, 9.17) is 10.3 Å². The molecule has 0 fully saturated rings. The third-order valence-electron chi connectivity index (χ3n) is 2.42. The van der Waals surface area contributed by atoms with Gasteiger partial charge in [0.25, 0.3) is 0 Å². The molecule has 0 bridgehead atoms. The van der Waals surface area contributed by atoms with Crippen LogP contribution in [-0.2, 0) is 21.5 Å². The number of ether oxygens (including phenoxy) is 1. The normalized spacial score (nSPS) is 11.3. The molecular weight excluding hydrogens is 268 g/mol. The van der Waals surface area contributed by atoms with Gasteiger partial charge >= 0.3 is 10.2 Å². The van der Waals surface area contributed by atoms with Crippen LogP contribution >= 0.6 is 0 Å². The summed E-state index contributed by atoms with van der Waals surface area (Å²) in [6, 6.07) is 9.12. The zero-order valence-electron chi connectivity index (χ0n) is 10.6. The second kappa shape index (κ2) is 7.75. The van der Waals surface area contributed by atoms with Crippen molar-refractivity contribution >= 4 is 10.2 Å². The number of nitrogens with zero attached hydrogens (tertiary/aromatic N) is 4. The minimum atomic E-state index is -3.96. The average molecular weight is 284 g/mol. The largest absolute Gasteiger partial charge is 0.385 e. The summed E-state index contributed by atoms with van der Waals surface area (Å²) in [6.07, 6.45) is 0.531. The maximum atomic E-state index is 11.8. The van der Waals surface area contributed by atoms with Crippen molar-refractivity contribution in [2.24, 2.45) is 4.52 Å². The highest BCUT2D eigenvalue weighted by Gasteiger charge is 2.20. The molecule has 0 heterocycles. The van der Waals surface area contributed by atoms with Gasteiger partial charge < -0.3 is 4.74 Å². The lowest BCUT2D eigenvalue weighted by molar-refractivity contribution is 0.186. The number of hydrogen-bond acceptors (Lipinski definition) is 3. The Morgan fingerprint density at radius 2 is 2.05 bits per heavy atom. The van der Waals surface area contributed by atoms with Crippen LogP contribution in [0, 0.1) is 0 Å². The second-order valence-electron chi connectivity index (χ2n) is 3.81.